The van der Waals surface area contributed by atoms with Crippen molar-refractivity contribution in [3.63, 3.8) is 0 Å². The lowest BCUT2D eigenvalue weighted by atomic mass is 10.1. The SMILES string of the molecule is CCCN(CCc1ccc(Cl)c(SC)c1)C(=O)OC(C)(C)C. The predicted molar refractivity (Wildman–Crippen MR) is 95.0 cm³/mol. The molecule has 1 rings (SSSR count). The van der Waals surface area contributed by atoms with Crippen LogP contribution in [-0.2, 0) is 11.2 Å². The fourth-order valence-corrected chi connectivity index (χ4v) is 2.90. The van der Waals surface area contributed by atoms with E-state index in [9.17, 15) is 4.79 Å². The number of halogens is 1. The summed E-state index contributed by atoms with van der Waals surface area (Å²) in [5.74, 6) is 0. The van der Waals surface area contributed by atoms with Crippen molar-refractivity contribution in [1.82, 2.24) is 4.90 Å². The van der Waals surface area contributed by atoms with Crippen LogP contribution in [0.5, 0.6) is 0 Å². The maximum absolute atomic E-state index is 12.2. The van der Waals surface area contributed by atoms with Gasteiger partial charge in [0.15, 0.2) is 0 Å². The molecule has 0 bridgehead atoms. The van der Waals surface area contributed by atoms with Crippen molar-refractivity contribution in [1.29, 1.82) is 0 Å². The van der Waals surface area contributed by atoms with E-state index in [0.717, 1.165) is 22.8 Å². The molecular weight excluding hydrogens is 318 g/mol. The third-order valence-electron chi connectivity index (χ3n) is 3.03. The van der Waals surface area contributed by atoms with E-state index in [0.29, 0.717) is 13.1 Å². The third kappa shape index (κ3) is 6.49. The van der Waals surface area contributed by atoms with Gasteiger partial charge in [0.25, 0.3) is 0 Å². The van der Waals surface area contributed by atoms with Crippen LogP contribution in [0.15, 0.2) is 23.1 Å². The number of benzene rings is 1. The standard InChI is InChI=1S/C17H26ClNO2S/c1-6-10-19(16(20)21-17(2,3)4)11-9-13-7-8-14(18)15(12-13)22-5/h7-8,12H,6,9-11H2,1-5H3. The second-order valence-corrected chi connectivity index (χ2v) is 7.44. The van der Waals surface area contributed by atoms with Gasteiger partial charge in [-0.15, -0.1) is 11.8 Å². The largest absolute Gasteiger partial charge is 0.444 e. The molecule has 0 fully saturated rings. The Morgan fingerprint density at radius 3 is 2.55 bits per heavy atom. The molecule has 0 radical (unpaired) electrons. The Kier molecular flexibility index (Phi) is 7.57. The Labute approximate surface area is 143 Å². The average Bonchev–Trinajstić information content (AvgIpc) is 2.42. The predicted octanol–water partition coefficient (Wildman–Crippen LogP) is 5.25. The molecule has 0 aromatic heterocycles. The zero-order valence-electron chi connectivity index (χ0n) is 14.1. The van der Waals surface area contributed by atoms with Crippen molar-refractivity contribution in [2.45, 2.75) is 51.0 Å². The van der Waals surface area contributed by atoms with Crippen molar-refractivity contribution in [3.8, 4) is 0 Å². The monoisotopic (exact) mass is 343 g/mol. The van der Waals surface area contributed by atoms with Crippen LogP contribution in [0.3, 0.4) is 0 Å². The minimum absolute atomic E-state index is 0.242. The number of ether oxygens (including phenoxy) is 1. The van der Waals surface area contributed by atoms with Gasteiger partial charge in [-0.25, -0.2) is 4.79 Å². The van der Waals surface area contributed by atoms with Crippen molar-refractivity contribution in [2.75, 3.05) is 19.3 Å². The second kappa shape index (κ2) is 8.68. The van der Waals surface area contributed by atoms with E-state index in [2.05, 4.69) is 13.0 Å². The van der Waals surface area contributed by atoms with Crippen LogP contribution in [-0.4, -0.2) is 35.9 Å². The van der Waals surface area contributed by atoms with Crippen molar-refractivity contribution in [2.24, 2.45) is 0 Å². The highest BCUT2D eigenvalue weighted by atomic mass is 35.5. The van der Waals surface area contributed by atoms with Crippen LogP contribution >= 0.6 is 23.4 Å². The molecule has 0 saturated carbocycles. The van der Waals surface area contributed by atoms with E-state index in [1.807, 2.05) is 39.2 Å². The molecule has 0 unspecified atom stereocenters. The Morgan fingerprint density at radius 1 is 1.32 bits per heavy atom. The highest BCUT2D eigenvalue weighted by Crippen LogP contribution is 2.26. The summed E-state index contributed by atoms with van der Waals surface area (Å²) >= 11 is 7.76. The summed E-state index contributed by atoms with van der Waals surface area (Å²) in [4.78, 5) is 15.1. The van der Waals surface area contributed by atoms with Gasteiger partial charge < -0.3 is 9.64 Å². The van der Waals surface area contributed by atoms with Gasteiger partial charge in [-0.2, -0.15) is 0 Å². The van der Waals surface area contributed by atoms with E-state index in [1.165, 1.54) is 5.56 Å². The van der Waals surface area contributed by atoms with Crippen LogP contribution in [0.4, 0.5) is 4.79 Å². The summed E-state index contributed by atoms with van der Waals surface area (Å²) in [7, 11) is 0. The van der Waals surface area contributed by atoms with Gasteiger partial charge >= 0.3 is 6.09 Å². The fourth-order valence-electron chi connectivity index (χ4n) is 2.01. The lowest BCUT2D eigenvalue weighted by Crippen LogP contribution is -2.38. The molecule has 22 heavy (non-hydrogen) atoms. The van der Waals surface area contributed by atoms with E-state index >= 15 is 0 Å². The van der Waals surface area contributed by atoms with Crippen LogP contribution in [0.25, 0.3) is 0 Å². The van der Waals surface area contributed by atoms with Crippen molar-refractivity contribution in [3.05, 3.63) is 28.8 Å². The number of amides is 1. The summed E-state index contributed by atoms with van der Waals surface area (Å²) in [6, 6.07) is 6.02. The minimum Gasteiger partial charge on any atom is -0.444 e. The Morgan fingerprint density at radius 2 is 2.00 bits per heavy atom. The molecule has 0 spiro atoms. The summed E-state index contributed by atoms with van der Waals surface area (Å²) in [5.41, 5.74) is 0.716. The summed E-state index contributed by atoms with van der Waals surface area (Å²) < 4.78 is 5.47. The molecule has 1 aromatic rings. The van der Waals surface area contributed by atoms with Gasteiger partial charge in [-0.05, 0) is 57.6 Å². The number of carbonyl (C=O) groups is 1. The number of thioether (sulfide) groups is 1. The Balaban J connectivity index is 2.70. The van der Waals surface area contributed by atoms with Gasteiger partial charge in [0.05, 0.1) is 5.02 Å². The summed E-state index contributed by atoms with van der Waals surface area (Å²) in [6.07, 6.45) is 3.48. The second-order valence-electron chi connectivity index (χ2n) is 6.19. The molecule has 0 aliphatic heterocycles. The normalized spacial score (nSPS) is 11.4. The van der Waals surface area contributed by atoms with Crippen LogP contribution in [0.2, 0.25) is 5.02 Å². The topological polar surface area (TPSA) is 29.5 Å². The first kappa shape index (κ1) is 19.2. The smallest absolute Gasteiger partial charge is 0.410 e. The van der Waals surface area contributed by atoms with Gasteiger partial charge in [-0.1, -0.05) is 24.6 Å². The molecule has 1 amide bonds. The first-order valence-corrected chi connectivity index (χ1v) is 9.17. The van der Waals surface area contributed by atoms with Crippen molar-refractivity contribution >= 4 is 29.5 Å². The molecule has 0 saturated heterocycles. The van der Waals surface area contributed by atoms with Gasteiger partial charge in [0.1, 0.15) is 5.60 Å². The summed E-state index contributed by atoms with van der Waals surface area (Å²) in [5, 5.41) is 0.772. The molecule has 124 valence electrons. The van der Waals surface area contributed by atoms with Crippen LogP contribution < -0.4 is 0 Å². The lowest BCUT2D eigenvalue weighted by Gasteiger charge is -2.27. The first-order valence-electron chi connectivity index (χ1n) is 7.57. The van der Waals surface area contributed by atoms with Gasteiger partial charge in [-0.3, -0.25) is 0 Å². The molecule has 0 heterocycles. The van der Waals surface area contributed by atoms with Gasteiger partial charge in [0, 0.05) is 18.0 Å². The zero-order chi connectivity index (χ0) is 16.8. The van der Waals surface area contributed by atoms with E-state index in [4.69, 9.17) is 16.3 Å². The molecule has 3 nitrogen and oxygen atoms in total. The number of carbonyl (C=O) groups excluding carboxylic acids is 1. The molecule has 0 N–H and O–H groups in total. The maximum Gasteiger partial charge on any atom is 0.410 e. The average molecular weight is 344 g/mol. The maximum atomic E-state index is 12.2. The Hall–Kier alpha value is -0.870. The van der Waals surface area contributed by atoms with Gasteiger partial charge in [0.2, 0.25) is 0 Å². The van der Waals surface area contributed by atoms with Crippen LogP contribution in [0.1, 0.15) is 39.7 Å². The van der Waals surface area contributed by atoms with E-state index in [1.54, 1.807) is 16.7 Å². The minimum atomic E-state index is -0.463. The van der Waals surface area contributed by atoms with E-state index in [-0.39, 0.29) is 6.09 Å². The van der Waals surface area contributed by atoms with Crippen LogP contribution in [0, 0.1) is 0 Å². The molecule has 0 atom stereocenters. The number of nitrogens with zero attached hydrogens (tertiary/aromatic N) is 1. The molecule has 0 aliphatic carbocycles. The van der Waals surface area contributed by atoms with E-state index < -0.39 is 5.60 Å². The number of hydrogen-bond donors (Lipinski definition) is 0. The molecule has 0 aliphatic rings. The number of rotatable bonds is 6. The number of hydrogen-bond acceptors (Lipinski definition) is 3. The fraction of sp³-hybridized carbons (Fsp3) is 0.588. The Bertz CT molecular complexity index is 500. The molecular formula is C17H26ClNO2S. The lowest BCUT2D eigenvalue weighted by molar-refractivity contribution is 0.0252. The highest BCUT2D eigenvalue weighted by molar-refractivity contribution is 7.98. The van der Waals surface area contributed by atoms with Crippen molar-refractivity contribution < 1.29 is 9.53 Å². The molecule has 1 aromatic carbocycles. The zero-order valence-corrected chi connectivity index (χ0v) is 15.7. The first-order chi connectivity index (χ1) is 10.3. The quantitative estimate of drug-likeness (QED) is 0.660. The summed E-state index contributed by atoms with van der Waals surface area (Å²) in [6.45, 7) is 9.08. The molecule has 5 heteroatoms. The highest BCUT2D eigenvalue weighted by Gasteiger charge is 2.21. The third-order valence-corrected chi connectivity index (χ3v) is 4.25.